The van der Waals surface area contributed by atoms with Gasteiger partial charge in [0.2, 0.25) is 5.16 Å². The first kappa shape index (κ1) is 17.5. The van der Waals surface area contributed by atoms with E-state index in [4.69, 9.17) is 4.74 Å². The highest BCUT2D eigenvalue weighted by Crippen LogP contribution is 2.25. The molecule has 2 aromatic carbocycles. The van der Waals surface area contributed by atoms with Crippen molar-refractivity contribution in [2.75, 3.05) is 10.8 Å². The van der Waals surface area contributed by atoms with Gasteiger partial charge in [-0.2, -0.15) is 0 Å². The van der Waals surface area contributed by atoms with Crippen LogP contribution in [-0.4, -0.2) is 26.5 Å². The fraction of sp³-hybridized carbons (Fsp3) is 0.167. The molecule has 9 heteroatoms. The van der Waals surface area contributed by atoms with Crippen LogP contribution in [0, 0.1) is 11.6 Å². The molecule has 0 spiro atoms. The van der Waals surface area contributed by atoms with E-state index >= 15 is 0 Å². The van der Waals surface area contributed by atoms with Crippen LogP contribution >= 0.6 is 11.8 Å². The quantitative estimate of drug-likeness (QED) is 0.673. The highest BCUT2D eigenvalue weighted by Gasteiger charge is 2.29. The molecule has 0 aliphatic carbocycles. The molecule has 2 heterocycles. The van der Waals surface area contributed by atoms with E-state index < -0.39 is 11.6 Å². The Balaban J connectivity index is 1.59. The van der Waals surface area contributed by atoms with Crippen molar-refractivity contribution in [3.63, 3.8) is 0 Å². The second kappa shape index (κ2) is 7.36. The van der Waals surface area contributed by atoms with Crippen molar-refractivity contribution >= 4 is 17.7 Å². The number of thioether (sulfide) groups is 1. The van der Waals surface area contributed by atoms with Crippen LogP contribution in [0.15, 0.2) is 53.7 Å². The van der Waals surface area contributed by atoms with Gasteiger partial charge in [-0.25, -0.2) is 18.5 Å². The molecule has 0 unspecified atom stereocenters. The largest absolute Gasteiger partial charge is 0.482 e. The number of ether oxygens (including phenoxy) is 1. The number of halogens is 2. The standard InChI is InChI=1S/C18H14F2N4O2S/c19-13-6-7-15(14(20)8-13)26-10-16-21-22-18-24(16)23(17(25)11-27-18)9-12-4-2-1-3-5-12/h1-8H,9-11H2. The van der Waals surface area contributed by atoms with E-state index in [1.165, 1.54) is 17.8 Å². The topological polar surface area (TPSA) is 60.2 Å². The maximum Gasteiger partial charge on any atom is 0.252 e. The Morgan fingerprint density at radius 1 is 1.11 bits per heavy atom. The first-order chi connectivity index (χ1) is 13.1. The van der Waals surface area contributed by atoms with Crippen LogP contribution in [0.2, 0.25) is 0 Å². The first-order valence-electron chi connectivity index (χ1n) is 8.11. The molecule has 27 heavy (non-hydrogen) atoms. The van der Waals surface area contributed by atoms with Crippen LogP contribution in [0.4, 0.5) is 8.78 Å². The van der Waals surface area contributed by atoms with Crippen molar-refractivity contribution in [2.45, 2.75) is 18.3 Å². The van der Waals surface area contributed by atoms with E-state index in [9.17, 15) is 13.6 Å². The predicted molar refractivity (Wildman–Crippen MR) is 94.8 cm³/mol. The van der Waals surface area contributed by atoms with E-state index in [0.29, 0.717) is 17.5 Å². The molecular weight excluding hydrogens is 374 g/mol. The second-order valence-corrected chi connectivity index (χ2v) is 6.74. The Hall–Kier alpha value is -2.94. The number of hydrogen-bond acceptors (Lipinski definition) is 5. The Bertz CT molecular complexity index is 981. The summed E-state index contributed by atoms with van der Waals surface area (Å²) < 4.78 is 33.8. The van der Waals surface area contributed by atoms with Crippen LogP contribution in [0.3, 0.4) is 0 Å². The summed E-state index contributed by atoms with van der Waals surface area (Å²) in [7, 11) is 0. The average Bonchev–Trinajstić information content (AvgIpc) is 3.07. The lowest BCUT2D eigenvalue weighted by molar-refractivity contribution is -0.118. The van der Waals surface area contributed by atoms with Gasteiger partial charge in [0.15, 0.2) is 17.4 Å². The molecule has 3 aromatic rings. The number of nitrogens with zero attached hydrogens (tertiary/aromatic N) is 4. The summed E-state index contributed by atoms with van der Waals surface area (Å²) in [6.45, 7) is 0.234. The SMILES string of the molecule is O=C1CSc2nnc(COc3ccc(F)cc3F)n2N1Cc1ccccc1. The fourth-order valence-electron chi connectivity index (χ4n) is 2.68. The minimum absolute atomic E-state index is 0.0923. The maximum absolute atomic E-state index is 13.8. The van der Waals surface area contributed by atoms with Crippen molar-refractivity contribution in [2.24, 2.45) is 0 Å². The van der Waals surface area contributed by atoms with Gasteiger partial charge in [-0.3, -0.25) is 4.79 Å². The molecule has 4 rings (SSSR count). The van der Waals surface area contributed by atoms with E-state index in [-0.39, 0.29) is 24.0 Å². The van der Waals surface area contributed by atoms with Gasteiger partial charge in [0.25, 0.3) is 5.91 Å². The smallest absolute Gasteiger partial charge is 0.252 e. The lowest BCUT2D eigenvalue weighted by Crippen LogP contribution is -2.45. The number of fused-ring (bicyclic) bond motifs is 1. The zero-order chi connectivity index (χ0) is 18.8. The van der Waals surface area contributed by atoms with Gasteiger partial charge in [0.05, 0.1) is 12.3 Å². The normalized spacial score (nSPS) is 13.6. The molecule has 1 aromatic heterocycles. The van der Waals surface area contributed by atoms with E-state index in [1.807, 2.05) is 30.3 Å². The summed E-state index contributed by atoms with van der Waals surface area (Å²) in [6, 6.07) is 12.6. The van der Waals surface area contributed by atoms with Gasteiger partial charge in [-0.05, 0) is 17.7 Å². The van der Waals surface area contributed by atoms with E-state index in [0.717, 1.165) is 17.7 Å². The molecule has 1 aliphatic rings. The molecular formula is C18H14F2N4O2S. The van der Waals surface area contributed by atoms with E-state index in [2.05, 4.69) is 10.2 Å². The Labute approximate surface area is 157 Å². The van der Waals surface area contributed by atoms with Crippen molar-refractivity contribution in [1.82, 2.24) is 14.9 Å². The average molecular weight is 388 g/mol. The summed E-state index contributed by atoms with van der Waals surface area (Å²) in [5.41, 5.74) is 0.953. The van der Waals surface area contributed by atoms with Gasteiger partial charge in [-0.1, -0.05) is 42.1 Å². The van der Waals surface area contributed by atoms with Crippen molar-refractivity contribution < 1.29 is 18.3 Å². The molecule has 0 saturated heterocycles. The van der Waals surface area contributed by atoms with Crippen molar-refractivity contribution in [3.8, 4) is 5.75 Å². The summed E-state index contributed by atoms with van der Waals surface area (Å²) in [5.74, 6) is -1.07. The number of amides is 1. The van der Waals surface area contributed by atoms with Gasteiger partial charge in [0.1, 0.15) is 12.4 Å². The summed E-state index contributed by atoms with van der Waals surface area (Å²) >= 11 is 1.28. The minimum Gasteiger partial charge on any atom is -0.482 e. The molecule has 0 atom stereocenters. The number of benzene rings is 2. The summed E-state index contributed by atoms with van der Waals surface area (Å²) in [5, 5.41) is 10.2. The third kappa shape index (κ3) is 3.63. The summed E-state index contributed by atoms with van der Waals surface area (Å²) in [4.78, 5) is 12.5. The molecule has 0 N–H and O–H groups in total. The number of hydrogen-bond donors (Lipinski definition) is 0. The molecule has 0 fully saturated rings. The fourth-order valence-corrected chi connectivity index (χ4v) is 3.51. The maximum atomic E-state index is 13.8. The van der Waals surface area contributed by atoms with Gasteiger partial charge in [-0.15, -0.1) is 10.2 Å². The second-order valence-electron chi connectivity index (χ2n) is 5.80. The van der Waals surface area contributed by atoms with Crippen LogP contribution in [0.1, 0.15) is 11.4 Å². The molecule has 6 nitrogen and oxygen atoms in total. The van der Waals surface area contributed by atoms with Crippen LogP contribution in [0.5, 0.6) is 5.75 Å². The first-order valence-corrected chi connectivity index (χ1v) is 9.10. The molecule has 0 saturated carbocycles. The lowest BCUT2D eigenvalue weighted by atomic mass is 10.2. The van der Waals surface area contributed by atoms with Gasteiger partial charge in [0, 0.05) is 6.07 Å². The zero-order valence-corrected chi connectivity index (χ0v) is 14.8. The molecule has 0 bridgehead atoms. The van der Waals surface area contributed by atoms with Crippen LogP contribution in [-0.2, 0) is 17.9 Å². The highest BCUT2D eigenvalue weighted by atomic mass is 32.2. The summed E-state index contributed by atoms with van der Waals surface area (Å²) in [6.07, 6.45) is 0. The monoisotopic (exact) mass is 388 g/mol. The number of carbonyl (C=O) groups excluding carboxylic acids is 1. The van der Waals surface area contributed by atoms with Crippen molar-refractivity contribution in [1.29, 1.82) is 0 Å². The number of aromatic nitrogens is 3. The minimum atomic E-state index is -0.806. The Kier molecular flexibility index (Phi) is 4.76. The van der Waals surface area contributed by atoms with Crippen LogP contribution in [0.25, 0.3) is 0 Å². The van der Waals surface area contributed by atoms with E-state index in [1.54, 1.807) is 9.69 Å². The number of rotatable bonds is 5. The zero-order valence-electron chi connectivity index (χ0n) is 14.0. The Morgan fingerprint density at radius 2 is 1.93 bits per heavy atom. The molecule has 1 amide bonds. The Morgan fingerprint density at radius 3 is 2.70 bits per heavy atom. The number of carbonyl (C=O) groups is 1. The predicted octanol–water partition coefficient (Wildman–Crippen LogP) is 2.91. The highest BCUT2D eigenvalue weighted by molar-refractivity contribution is 7.99. The molecule has 1 aliphatic heterocycles. The lowest BCUT2D eigenvalue weighted by Gasteiger charge is -2.29. The van der Waals surface area contributed by atoms with Crippen molar-refractivity contribution in [3.05, 3.63) is 71.6 Å². The van der Waals surface area contributed by atoms with Gasteiger partial charge < -0.3 is 4.74 Å². The van der Waals surface area contributed by atoms with Gasteiger partial charge >= 0.3 is 0 Å². The van der Waals surface area contributed by atoms with Crippen LogP contribution < -0.4 is 9.75 Å². The molecule has 0 radical (unpaired) electrons. The third-order valence-corrected chi connectivity index (χ3v) is 4.86. The molecule has 138 valence electrons. The third-order valence-electron chi connectivity index (χ3n) is 3.96.